The number of methoxy groups -OCH3 is 1. The molecule has 0 bridgehead atoms. The minimum Gasteiger partial charge on any atom is -0.490 e. The Morgan fingerprint density at radius 3 is 2.42 bits per heavy atom. The Bertz CT molecular complexity index is 907. The van der Waals surface area contributed by atoms with Crippen molar-refractivity contribution in [2.75, 3.05) is 7.11 Å². The maximum absolute atomic E-state index is 6.20. The predicted molar refractivity (Wildman–Crippen MR) is 106 cm³/mol. The zero-order valence-electron chi connectivity index (χ0n) is 13.6. The highest BCUT2D eigenvalue weighted by Crippen LogP contribution is 2.33. The smallest absolute Gasteiger partial charge is 0.266 e. The van der Waals surface area contributed by atoms with Crippen LogP contribution in [0.25, 0.3) is 0 Å². The summed E-state index contributed by atoms with van der Waals surface area (Å²) < 4.78 is 11.1. The molecule has 134 valence electrons. The molecule has 0 aliphatic heterocycles. The number of hydrogen-bond acceptors (Lipinski definition) is 5. The SMILES string of the molecule is COc1cnc(SCc2ccc(Cl)cc2Cl)nc1Oc1ccc(Cl)cc1. The molecule has 0 atom stereocenters. The summed E-state index contributed by atoms with van der Waals surface area (Å²) in [6.07, 6.45) is 1.57. The van der Waals surface area contributed by atoms with Gasteiger partial charge in [0, 0.05) is 20.8 Å². The van der Waals surface area contributed by atoms with Crippen LogP contribution >= 0.6 is 46.6 Å². The highest BCUT2D eigenvalue weighted by molar-refractivity contribution is 7.98. The lowest BCUT2D eigenvalue weighted by molar-refractivity contribution is 0.363. The molecule has 26 heavy (non-hydrogen) atoms. The van der Waals surface area contributed by atoms with E-state index >= 15 is 0 Å². The second-order valence-corrected chi connectivity index (χ2v) is 7.33. The van der Waals surface area contributed by atoms with E-state index < -0.39 is 0 Å². The summed E-state index contributed by atoms with van der Waals surface area (Å²) in [5.41, 5.74) is 0.945. The van der Waals surface area contributed by atoms with Crippen LogP contribution in [0.3, 0.4) is 0 Å². The molecule has 0 N–H and O–H groups in total. The third-order valence-corrected chi connectivity index (χ3v) is 5.07. The normalized spacial score (nSPS) is 10.6. The number of nitrogens with zero attached hydrogens (tertiary/aromatic N) is 2. The molecule has 0 fully saturated rings. The van der Waals surface area contributed by atoms with Gasteiger partial charge in [-0.2, -0.15) is 4.98 Å². The molecule has 4 nitrogen and oxygen atoms in total. The van der Waals surface area contributed by atoms with E-state index in [0.29, 0.717) is 43.4 Å². The predicted octanol–water partition coefficient (Wildman–Crippen LogP) is 6.53. The summed E-state index contributed by atoms with van der Waals surface area (Å²) in [5, 5.41) is 2.38. The number of thioether (sulfide) groups is 1. The molecule has 1 aromatic heterocycles. The lowest BCUT2D eigenvalue weighted by atomic mass is 10.2. The first-order chi connectivity index (χ1) is 12.5. The van der Waals surface area contributed by atoms with E-state index in [1.807, 2.05) is 6.07 Å². The first kappa shape index (κ1) is 19.1. The molecule has 8 heteroatoms. The molecule has 0 saturated carbocycles. The summed E-state index contributed by atoms with van der Waals surface area (Å²) in [6.45, 7) is 0. The van der Waals surface area contributed by atoms with Crippen LogP contribution in [0.1, 0.15) is 5.56 Å². The van der Waals surface area contributed by atoms with Gasteiger partial charge in [-0.05, 0) is 42.0 Å². The van der Waals surface area contributed by atoms with Crippen LogP contribution in [0.15, 0.2) is 53.8 Å². The van der Waals surface area contributed by atoms with Crippen molar-refractivity contribution in [1.82, 2.24) is 9.97 Å². The van der Waals surface area contributed by atoms with Gasteiger partial charge in [0.1, 0.15) is 5.75 Å². The number of ether oxygens (including phenoxy) is 2. The van der Waals surface area contributed by atoms with E-state index in [1.54, 1.807) is 42.6 Å². The van der Waals surface area contributed by atoms with Crippen molar-refractivity contribution in [2.45, 2.75) is 10.9 Å². The Hall–Kier alpha value is -1.66. The third-order valence-electron chi connectivity index (χ3n) is 3.32. The molecule has 3 aromatic rings. The molecule has 1 heterocycles. The summed E-state index contributed by atoms with van der Waals surface area (Å²) >= 11 is 19.4. The summed E-state index contributed by atoms with van der Waals surface area (Å²) in [5.74, 6) is 1.97. The van der Waals surface area contributed by atoms with Gasteiger partial charge < -0.3 is 9.47 Å². The molecule has 2 aromatic carbocycles. The van der Waals surface area contributed by atoms with Gasteiger partial charge in [0.05, 0.1) is 13.3 Å². The lowest BCUT2D eigenvalue weighted by Gasteiger charge is -2.10. The molecule has 0 amide bonds. The van der Waals surface area contributed by atoms with Crippen molar-refractivity contribution >= 4 is 46.6 Å². The first-order valence-corrected chi connectivity index (χ1v) is 9.58. The molecule has 0 saturated heterocycles. The highest BCUT2D eigenvalue weighted by Gasteiger charge is 2.12. The third kappa shape index (κ3) is 4.95. The number of benzene rings is 2. The van der Waals surface area contributed by atoms with Crippen molar-refractivity contribution < 1.29 is 9.47 Å². The second kappa shape index (κ2) is 8.82. The molecular formula is C18H13Cl3N2O2S. The van der Waals surface area contributed by atoms with Gasteiger partial charge in [0.2, 0.25) is 0 Å². The van der Waals surface area contributed by atoms with Crippen molar-refractivity contribution in [3.63, 3.8) is 0 Å². The largest absolute Gasteiger partial charge is 0.490 e. The van der Waals surface area contributed by atoms with Crippen LogP contribution < -0.4 is 9.47 Å². The van der Waals surface area contributed by atoms with E-state index in [4.69, 9.17) is 44.3 Å². The topological polar surface area (TPSA) is 44.2 Å². The summed E-state index contributed by atoms with van der Waals surface area (Å²) in [4.78, 5) is 8.71. The average Bonchev–Trinajstić information content (AvgIpc) is 2.63. The maximum Gasteiger partial charge on any atom is 0.266 e. The Morgan fingerprint density at radius 1 is 1.00 bits per heavy atom. The van der Waals surface area contributed by atoms with Gasteiger partial charge in [0.25, 0.3) is 5.88 Å². The zero-order valence-corrected chi connectivity index (χ0v) is 16.7. The van der Waals surface area contributed by atoms with Crippen LogP contribution in [-0.4, -0.2) is 17.1 Å². The molecule has 0 aliphatic carbocycles. The standard InChI is InChI=1S/C18H13Cl3N2O2S/c1-24-16-9-22-18(26-10-11-2-3-13(20)8-15(11)21)23-17(16)25-14-6-4-12(19)5-7-14/h2-9H,10H2,1H3. The molecule has 0 spiro atoms. The molecule has 0 unspecified atom stereocenters. The number of aromatic nitrogens is 2. The summed E-state index contributed by atoms with van der Waals surface area (Å²) in [6, 6.07) is 12.4. The van der Waals surface area contributed by atoms with Gasteiger partial charge in [-0.15, -0.1) is 0 Å². The van der Waals surface area contributed by atoms with Gasteiger partial charge in [-0.3, -0.25) is 0 Å². The number of hydrogen-bond donors (Lipinski definition) is 0. The summed E-state index contributed by atoms with van der Waals surface area (Å²) in [7, 11) is 1.54. The molecule has 0 aliphatic rings. The molecule has 0 radical (unpaired) electrons. The van der Waals surface area contributed by atoms with Crippen molar-refractivity contribution in [1.29, 1.82) is 0 Å². The second-order valence-electron chi connectivity index (χ2n) is 5.11. The van der Waals surface area contributed by atoms with Crippen LogP contribution in [0.4, 0.5) is 0 Å². The zero-order chi connectivity index (χ0) is 18.5. The fourth-order valence-corrected chi connectivity index (χ4v) is 3.51. The van der Waals surface area contributed by atoms with E-state index in [-0.39, 0.29) is 0 Å². The fraction of sp³-hybridized carbons (Fsp3) is 0.111. The van der Waals surface area contributed by atoms with E-state index in [2.05, 4.69) is 9.97 Å². The average molecular weight is 428 g/mol. The first-order valence-electron chi connectivity index (χ1n) is 7.46. The number of halogens is 3. The Balaban J connectivity index is 1.77. The van der Waals surface area contributed by atoms with E-state index in [1.165, 1.54) is 18.9 Å². The Morgan fingerprint density at radius 2 is 1.73 bits per heavy atom. The van der Waals surface area contributed by atoms with E-state index in [0.717, 1.165) is 5.56 Å². The minimum absolute atomic E-state index is 0.328. The minimum atomic E-state index is 0.328. The van der Waals surface area contributed by atoms with Crippen LogP contribution in [-0.2, 0) is 5.75 Å². The van der Waals surface area contributed by atoms with Crippen molar-refractivity contribution in [3.05, 3.63) is 69.3 Å². The molecule has 3 rings (SSSR count). The monoisotopic (exact) mass is 426 g/mol. The van der Waals surface area contributed by atoms with E-state index in [9.17, 15) is 0 Å². The van der Waals surface area contributed by atoms with Crippen molar-refractivity contribution in [2.24, 2.45) is 0 Å². The van der Waals surface area contributed by atoms with Crippen molar-refractivity contribution in [3.8, 4) is 17.4 Å². The van der Waals surface area contributed by atoms with Crippen LogP contribution in [0.2, 0.25) is 15.1 Å². The quantitative estimate of drug-likeness (QED) is 0.330. The molecular weight excluding hydrogens is 415 g/mol. The highest BCUT2D eigenvalue weighted by atomic mass is 35.5. The Kier molecular flexibility index (Phi) is 6.48. The van der Waals surface area contributed by atoms with Gasteiger partial charge >= 0.3 is 0 Å². The Labute approximate surface area is 170 Å². The fourth-order valence-electron chi connectivity index (χ4n) is 2.02. The maximum atomic E-state index is 6.20. The number of rotatable bonds is 6. The van der Waals surface area contributed by atoms with Crippen LogP contribution in [0, 0.1) is 0 Å². The van der Waals surface area contributed by atoms with Gasteiger partial charge in [0.15, 0.2) is 10.9 Å². The lowest BCUT2D eigenvalue weighted by Crippen LogP contribution is -1.97. The van der Waals surface area contributed by atoms with Crippen LogP contribution in [0.5, 0.6) is 17.4 Å². The van der Waals surface area contributed by atoms with Gasteiger partial charge in [-0.25, -0.2) is 4.98 Å². The van der Waals surface area contributed by atoms with Gasteiger partial charge in [-0.1, -0.05) is 52.6 Å².